The minimum atomic E-state index is -0.299. The zero-order valence-electron chi connectivity index (χ0n) is 18.5. The Labute approximate surface area is 206 Å². The van der Waals surface area contributed by atoms with E-state index in [1.165, 1.54) is 13.3 Å². The van der Waals surface area contributed by atoms with Gasteiger partial charge in [-0.25, -0.2) is 5.43 Å². The van der Waals surface area contributed by atoms with Crippen LogP contribution >= 0.6 is 22.6 Å². The van der Waals surface area contributed by atoms with E-state index in [0.29, 0.717) is 28.3 Å². The summed E-state index contributed by atoms with van der Waals surface area (Å²) in [4.78, 5) is 24.4. The van der Waals surface area contributed by atoms with E-state index in [2.05, 4.69) is 38.4 Å². The lowest BCUT2D eigenvalue weighted by molar-refractivity contribution is -0.118. The smallest absolute Gasteiger partial charge is 0.271 e. The van der Waals surface area contributed by atoms with Crippen LogP contribution in [0.15, 0.2) is 65.8 Å². The van der Waals surface area contributed by atoms with E-state index < -0.39 is 0 Å². The number of benzene rings is 3. The average molecular weight is 557 g/mol. The van der Waals surface area contributed by atoms with Crippen molar-refractivity contribution in [3.63, 3.8) is 0 Å². The van der Waals surface area contributed by atoms with Crippen LogP contribution in [0.1, 0.15) is 27.0 Å². The number of rotatable bonds is 8. The number of nitrogens with one attached hydrogen (secondary N) is 2. The molecule has 0 bridgehead atoms. The van der Waals surface area contributed by atoms with Gasteiger partial charge in [-0.3, -0.25) is 9.59 Å². The summed E-state index contributed by atoms with van der Waals surface area (Å²) < 4.78 is 11.9. The summed E-state index contributed by atoms with van der Waals surface area (Å²) in [6.45, 7) is 3.77. The second kappa shape index (κ2) is 11.5. The van der Waals surface area contributed by atoms with Crippen molar-refractivity contribution >= 4 is 46.3 Å². The number of carbonyl (C=O) groups excluding carboxylic acids is 2. The first-order valence-electron chi connectivity index (χ1n) is 10.1. The topological polar surface area (TPSA) is 89.0 Å². The van der Waals surface area contributed by atoms with Gasteiger partial charge in [0.05, 0.1) is 16.9 Å². The van der Waals surface area contributed by atoms with Gasteiger partial charge in [0.25, 0.3) is 11.8 Å². The minimum absolute atomic E-state index is 0.166. The molecule has 0 aliphatic rings. The zero-order chi connectivity index (χ0) is 23.8. The van der Waals surface area contributed by atoms with E-state index in [4.69, 9.17) is 9.47 Å². The minimum Gasteiger partial charge on any atom is -0.493 e. The number of methoxy groups -OCH3 is 1. The third-order valence-electron chi connectivity index (χ3n) is 4.63. The molecule has 0 spiro atoms. The van der Waals surface area contributed by atoms with Crippen LogP contribution in [0.2, 0.25) is 0 Å². The monoisotopic (exact) mass is 557 g/mol. The molecule has 170 valence electrons. The number of hydrogen-bond acceptors (Lipinski definition) is 5. The van der Waals surface area contributed by atoms with Gasteiger partial charge >= 0.3 is 0 Å². The molecule has 7 nitrogen and oxygen atoms in total. The summed E-state index contributed by atoms with van der Waals surface area (Å²) in [5, 5.41) is 6.82. The molecule has 3 aromatic carbocycles. The van der Waals surface area contributed by atoms with Crippen LogP contribution in [0.5, 0.6) is 11.5 Å². The molecule has 0 aliphatic carbocycles. The van der Waals surface area contributed by atoms with Crippen LogP contribution in [0.4, 0.5) is 5.69 Å². The van der Waals surface area contributed by atoms with Crippen LogP contribution in [0.25, 0.3) is 0 Å². The normalized spacial score (nSPS) is 10.7. The van der Waals surface area contributed by atoms with Gasteiger partial charge in [-0.2, -0.15) is 5.10 Å². The SMILES string of the molecule is COc1cc(/C=N/NC(=O)c2ccc(C)cc2)cc(I)c1OCC(=O)Nc1ccc(C)cc1. The number of amides is 2. The van der Waals surface area contributed by atoms with Crippen molar-refractivity contribution in [3.05, 3.63) is 86.5 Å². The molecule has 0 aromatic heterocycles. The fourth-order valence-corrected chi connectivity index (χ4v) is 3.64. The lowest BCUT2D eigenvalue weighted by Crippen LogP contribution is -2.20. The van der Waals surface area contributed by atoms with E-state index in [0.717, 1.165) is 14.7 Å². The highest BCUT2D eigenvalue weighted by molar-refractivity contribution is 14.1. The van der Waals surface area contributed by atoms with E-state index >= 15 is 0 Å². The maximum Gasteiger partial charge on any atom is 0.271 e. The molecule has 0 atom stereocenters. The van der Waals surface area contributed by atoms with Gasteiger partial charge in [-0.05, 0) is 78.4 Å². The molecule has 0 fully saturated rings. The summed E-state index contributed by atoms with van der Waals surface area (Å²) in [6.07, 6.45) is 1.52. The first-order chi connectivity index (χ1) is 15.9. The number of halogens is 1. The second-order valence-corrected chi connectivity index (χ2v) is 8.46. The van der Waals surface area contributed by atoms with Crippen molar-refractivity contribution in [2.75, 3.05) is 19.0 Å². The number of hydrogen-bond donors (Lipinski definition) is 2. The van der Waals surface area contributed by atoms with Crippen LogP contribution < -0.4 is 20.2 Å². The summed E-state index contributed by atoms with van der Waals surface area (Å²) in [5.74, 6) is 0.336. The van der Waals surface area contributed by atoms with Gasteiger partial charge in [0.2, 0.25) is 0 Å². The van der Waals surface area contributed by atoms with Gasteiger partial charge in [0, 0.05) is 11.3 Å². The molecular weight excluding hydrogens is 533 g/mol. The molecule has 3 aromatic rings. The molecule has 0 heterocycles. The van der Waals surface area contributed by atoms with E-state index in [-0.39, 0.29) is 18.4 Å². The Bertz CT molecular complexity index is 1160. The number of anilines is 1. The Hall–Kier alpha value is -3.40. The first kappa shape index (κ1) is 24.2. The molecule has 3 rings (SSSR count). The van der Waals surface area contributed by atoms with Crippen molar-refractivity contribution in [3.8, 4) is 11.5 Å². The van der Waals surface area contributed by atoms with Gasteiger partial charge < -0.3 is 14.8 Å². The molecule has 2 amide bonds. The van der Waals surface area contributed by atoms with Gasteiger partial charge in [0.1, 0.15) is 0 Å². The van der Waals surface area contributed by atoms with Gasteiger partial charge in [0.15, 0.2) is 18.1 Å². The molecule has 8 heteroatoms. The summed E-state index contributed by atoms with van der Waals surface area (Å²) in [6, 6.07) is 18.3. The van der Waals surface area contributed by atoms with Gasteiger partial charge in [-0.15, -0.1) is 0 Å². The predicted octanol–water partition coefficient (Wildman–Crippen LogP) is 4.70. The number of aryl methyl sites for hydroxylation is 2. The maximum atomic E-state index is 12.2. The number of ether oxygens (including phenoxy) is 2. The standard InChI is InChI=1S/C25H24IN3O4/c1-16-4-8-19(9-5-16)25(31)29-27-14-18-12-21(26)24(22(13-18)32-3)33-15-23(30)28-20-10-6-17(2)7-11-20/h4-14H,15H2,1-3H3,(H,28,30)(H,29,31)/b27-14+. The Balaban J connectivity index is 1.62. The molecular formula is C25H24IN3O4. The highest BCUT2D eigenvalue weighted by Crippen LogP contribution is 2.33. The quantitative estimate of drug-likeness (QED) is 0.239. The maximum absolute atomic E-state index is 12.2. The molecule has 33 heavy (non-hydrogen) atoms. The number of hydrazone groups is 1. The van der Waals surface area contributed by atoms with Crippen molar-refractivity contribution in [1.82, 2.24) is 5.43 Å². The van der Waals surface area contributed by atoms with E-state index in [1.54, 1.807) is 18.2 Å². The molecule has 0 aliphatic heterocycles. The number of carbonyl (C=O) groups is 2. The van der Waals surface area contributed by atoms with Crippen LogP contribution in [-0.2, 0) is 4.79 Å². The second-order valence-electron chi connectivity index (χ2n) is 7.30. The number of nitrogens with zero attached hydrogens (tertiary/aromatic N) is 1. The molecule has 0 saturated heterocycles. The lowest BCUT2D eigenvalue weighted by Gasteiger charge is -2.13. The van der Waals surface area contributed by atoms with E-state index in [1.807, 2.05) is 56.3 Å². The molecule has 0 unspecified atom stereocenters. The summed E-state index contributed by atoms with van der Waals surface area (Å²) >= 11 is 2.10. The van der Waals surface area contributed by atoms with Crippen molar-refractivity contribution in [1.29, 1.82) is 0 Å². The Morgan fingerprint density at radius 2 is 1.64 bits per heavy atom. The van der Waals surface area contributed by atoms with Crippen molar-refractivity contribution in [2.45, 2.75) is 13.8 Å². The highest BCUT2D eigenvalue weighted by Gasteiger charge is 2.13. The highest BCUT2D eigenvalue weighted by atomic mass is 127. The Kier molecular flexibility index (Phi) is 8.42. The third-order valence-corrected chi connectivity index (χ3v) is 5.43. The van der Waals surface area contributed by atoms with Crippen LogP contribution in [-0.4, -0.2) is 31.7 Å². The fraction of sp³-hybridized carbons (Fsp3) is 0.160. The third kappa shape index (κ3) is 7.04. The summed E-state index contributed by atoms with van der Waals surface area (Å²) in [7, 11) is 1.52. The van der Waals surface area contributed by atoms with E-state index in [9.17, 15) is 9.59 Å². The predicted molar refractivity (Wildman–Crippen MR) is 137 cm³/mol. The van der Waals surface area contributed by atoms with Crippen LogP contribution in [0.3, 0.4) is 0 Å². The van der Waals surface area contributed by atoms with Gasteiger partial charge in [-0.1, -0.05) is 35.4 Å². The Morgan fingerprint density at radius 1 is 1.00 bits per heavy atom. The average Bonchev–Trinajstić information content (AvgIpc) is 2.80. The lowest BCUT2D eigenvalue weighted by atomic mass is 10.1. The Morgan fingerprint density at radius 3 is 2.27 bits per heavy atom. The van der Waals surface area contributed by atoms with Crippen molar-refractivity contribution in [2.24, 2.45) is 5.10 Å². The largest absolute Gasteiger partial charge is 0.493 e. The zero-order valence-corrected chi connectivity index (χ0v) is 20.7. The molecule has 2 N–H and O–H groups in total. The molecule has 0 radical (unpaired) electrons. The first-order valence-corrected chi connectivity index (χ1v) is 11.2. The van der Waals surface area contributed by atoms with Crippen LogP contribution in [0, 0.1) is 17.4 Å². The fourth-order valence-electron chi connectivity index (χ4n) is 2.86. The molecule has 0 saturated carbocycles. The summed E-state index contributed by atoms with van der Waals surface area (Å²) in [5.41, 5.74) is 6.63. The van der Waals surface area contributed by atoms with Crippen molar-refractivity contribution < 1.29 is 19.1 Å².